The van der Waals surface area contributed by atoms with Gasteiger partial charge in [0.1, 0.15) is 5.75 Å². The lowest BCUT2D eigenvalue weighted by atomic mass is 10.1. The third-order valence-electron chi connectivity index (χ3n) is 1.65. The highest BCUT2D eigenvalue weighted by atomic mass is 19.4. The highest BCUT2D eigenvalue weighted by Gasteiger charge is 2.31. The molecule has 0 amide bonds. The lowest BCUT2D eigenvalue weighted by Crippen LogP contribution is -2.17. The van der Waals surface area contributed by atoms with E-state index in [0.29, 0.717) is 11.1 Å². The highest BCUT2D eigenvalue weighted by Crippen LogP contribution is 2.26. The fraction of sp³-hybridized carbons (Fsp3) is 0.333. The van der Waals surface area contributed by atoms with Crippen molar-refractivity contribution in [3.05, 3.63) is 29.3 Å². The fourth-order valence-electron chi connectivity index (χ4n) is 1.05. The Morgan fingerprint density at radius 1 is 1.36 bits per heavy atom. The summed E-state index contributed by atoms with van der Waals surface area (Å²) in [5.41, 5.74) is 0.894. The van der Waals surface area contributed by atoms with Gasteiger partial charge >= 0.3 is 6.36 Å². The van der Waals surface area contributed by atoms with Crippen molar-refractivity contribution < 1.29 is 23.0 Å². The number of halogens is 3. The van der Waals surface area contributed by atoms with E-state index >= 15 is 0 Å². The maximum Gasteiger partial charge on any atom is 0.573 e. The Labute approximate surface area is 78.9 Å². The summed E-state index contributed by atoms with van der Waals surface area (Å²) in [5.74, 6) is -0.241. The zero-order valence-corrected chi connectivity index (χ0v) is 7.43. The zero-order chi connectivity index (χ0) is 10.8. The van der Waals surface area contributed by atoms with E-state index in [-0.39, 0.29) is 12.4 Å². The van der Waals surface area contributed by atoms with Crippen LogP contribution in [0.5, 0.6) is 5.75 Å². The molecular formula is C9H9F3O2. The molecule has 0 fully saturated rings. The van der Waals surface area contributed by atoms with E-state index in [0.717, 1.165) is 0 Å². The molecule has 0 aliphatic heterocycles. The number of hydrogen-bond acceptors (Lipinski definition) is 2. The van der Waals surface area contributed by atoms with Gasteiger partial charge in [0.15, 0.2) is 0 Å². The van der Waals surface area contributed by atoms with Crippen molar-refractivity contribution in [1.82, 2.24) is 0 Å². The van der Waals surface area contributed by atoms with Crippen LogP contribution >= 0.6 is 0 Å². The van der Waals surface area contributed by atoms with Crippen LogP contribution in [0.25, 0.3) is 0 Å². The third kappa shape index (κ3) is 2.92. The molecule has 1 aromatic rings. The lowest BCUT2D eigenvalue weighted by molar-refractivity contribution is -0.274. The van der Waals surface area contributed by atoms with Crippen LogP contribution in [0.2, 0.25) is 0 Å². The van der Waals surface area contributed by atoms with Crippen LogP contribution in [0.3, 0.4) is 0 Å². The van der Waals surface area contributed by atoms with Gasteiger partial charge in [0, 0.05) is 0 Å². The molecule has 0 saturated carbocycles. The maximum atomic E-state index is 11.8. The highest BCUT2D eigenvalue weighted by molar-refractivity contribution is 5.36. The van der Waals surface area contributed by atoms with Crippen LogP contribution in [0.4, 0.5) is 13.2 Å². The first-order valence-corrected chi connectivity index (χ1v) is 3.88. The molecule has 0 radical (unpaired) electrons. The predicted molar refractivity (Wildman–Crippen MR) is 43.8 cm³/mol. The topological polar surface area (TPSA) is 29.5 Å². The van der Waals surface area contributed by atoms with E-state index in [1.807, 2.05) is 0 Å². The molecule has 0 aliphatic rings. The molecule has 0 atom stereocenters. The van der Waals surface area contributed by atoms with Crippen molar-refractivity contribution >= 4 is 0 Å². The van der Waals surface area contributed by atoms with E-state index in [4.69, 9.17) is 5.11 Å². The Kier molecular flexibility index (Phi) is 3.00. The molecule has 2 nitrogen and oxygen atoms in total. The SMILES string of the molecule is Cc1cc(CO)ccc1OC(F)(F)F. The van der Waals surface area contributed by atoms with Gasteiger partial charge in [0.05, 0.1) is 6.61 Å². The first kappa shape index (κ1) is 10.8. The lowest BCUT2D eigenvalue weighted by Gasteiger charge is -2.11. The van der Waals surface area contributed by atoms with Crippen molar-refractivity contribution in [2.45, 2.75) is 19.9 Å². The smallest absolute Gasteiger partial charge is 0.406 e. The van der Waals surface area contributed by atoms with Gasteiger partial charge in [-0.3, -0.25) is 0 Å². The summed E-state index contributed by atoms with van der Waals surface area (Å²) < 4.78 is 39.2. The minimum Gasteiger partial charge on any atom is -0.406 e. The van der Waals surface area contributed by atoms with Crippen LogP contribution < -0.4 is 4.74 Å². The van der Waals surface area contributed by atoms with Gasteiger partial charge in [0.2, 0.25) is 0 Å². The van der Waals surface area contributed by atoms with Crippen molar-refractivity contribution in [2.24, 2.45) is 0 Å². The molecule has 0 saturated heterocycles. The Morgan fingerprint density at radius 3 is 2.43 bits per heavy atom. The average Bonchev–Trinajstić information content (AvgIpc) is 2.06. The molecule has 1 rings (SSSR count). The van der Waals surface area contributed by atoms with Crippen LogP contribution in [0.15, 0.2) is 18.2 Å². The number of aliphatic hydroxyl groups is 1. The predicted octanol–water partition coefficient (Wildman–Crippen LogP) is 2.39. The molecule has 0 aromatic heterocycles. The normalized spacial score (nSPS) is 11.5. The first-order chi connectivity index (χ1) is 6.42. The number of aryl methyl sites for hydroxylation is 1. The summed E-state index contributed by atoms with van der Waals surface area (Å²) in [6, 6.07) is 4.02. The maximum absolute atomic E-state index is 11.8. The molecule has 0 heterocycles. The van der Waals surface area contributed by atoms with Crippen molar-refractivity contribution in [2.75, 3.05) is 0 Å². The largest absolute Gasteiger partial charge is 0.573 e. The molecule has 5 heteroatoms. The number of ether oxygens (including phenoxy) is 1. The van der Waals surface area contributed by atoms with E-state index in [1.54, 1.807) is 0 Å². The van der Waals surface area contributed by atoms with Gasteiger partial charge in [0.25, 0.3) is 0 Å². The minimum absolute atomic E-state index is 0.201. The Morgan fingerprint density at radius 2 is 2.00 bits per heavy atom. The second-order valence-electron chi connectivity index (χ2n) is 2.81. The standard InChI is InChI=1S/C9H9F3O2/c1-6-4-7(5-13)2-3-8(6)14-9(10,11)12/h2-4,13H,5H2,1H3. The summed E-state index contributed by atoms with van der Waals surface area (Å²) in [5, 5.41) is 8.72. The molecular weight excluding hydrogens is 197 g/mol. The summed E-state index contributed by atoms with van der Waals surface area (Å²) in [7, 11) is 0. The van der Waals surface area contributed by atoms with Gasteiger partial charge in [-0.1, -0.05) is 12.1 Å². The van der Waals surface area contributed by atoms with E-state index in [2.05, 4.69) is 4.74 Å². The number of hydrogen-bond donors (Lipinski definition) is 1. The van der Waals surface area contributed by atoms with Crippen molar-refractivity contribution in [1.29, 1.82) is 0 Å². The van der Waals surface area contributed by atoms with Crippen LogP contribution in [-0.2, 0) is 6.61 Å². The molecule has 0 bridgehead atoms. The first-order valence-electron chi connectivity index (χ1n) is 3.88. The van der Waals surface area contributed by atoms with Crippen molar-refractivity contribution in [3.63, 3.8) is 0 Å². The van der Waals surface area contributed by atoms with Gasteiger partial charge in [-0.25, -0.2) is 0 Å². The second kappa shape index (κ2) is 3.88. The molecule has 0 aliphatic carbocycles. The molecule has 14 heavy (non-hydrogen) atoms. The quantitative estimate of drug-likeness (QED) is 0.804. The monoisotopic (exact) mass is 206 g/mol. The van der Waals surface area contributed by atoms with Gasteiger partial charge in [-0.15, -0.1) is 13.2 Å². The van der Waals surface area contributed by atoms with Gasteiger partial charge in [-0.2, -0.15) is 0 Å². The molecule has 1 aromatic carbocycles. The number of alkyl halides is 3. The van der Waals surface area contributed by atoms with Crippen LogP contribution in [0, 0.1) is 6.92 Å². The van der Waals surface area contributed by atoms with Crippen LogP contribution in [0.1, 0.15) is 11.1 Å². The summed E-state index contributed by atoms with van der Waals surface area (Å²) in [6.07, 6.45) is -4.68. The Balaban J connectivity index is 2.89. The number of aliphatic hydroxyl groups excluding tert-OH is 1. The third-order valence-corrected chi connectivity index (χ3v) is 1.65. The van der Waals surface area contributed by atoms with E-state index < -0.39 is 6.36 Å². The van der Waals surface area contributed by atoms with Crippen molar-refractivity contribution in [3.8, 4) is 5.75 Å². The molecule has 1 N–H and O–H groups in total. The zero-order valence-electron chi connectivity index (χ0n) is 7.43. The van der Waals surface area contributed by atoms with Gasteiger partial charge in [-0.05, 0) is 24.1 Å². The molecule has 78 valence electrons. The number of rotatable bonds is 2. The summed E-state index contributed by atoms with van der Waals surface area (Å²) in [6.45, 7) is 1.29. The van der Waals surface area contributed by atoms with E-state index in [1.165, 1.54) is 25.1 Å². The number of benzene rings is 1. The minimum atomic E-state index is -4.68. The second-order valence-corrected chi connectivity index (χ2v) is 2.81. The fourth-order valence-corrected chi connectivity index (χ4v) is 1.05. The summed E-state index contributed by atoms with van der Waals surface area (Å²) in [4.78, 5) is 0. The van der Waals surface area contributed by atoms with E-state index in [9.17, 15) is 13.2 Å². The average molecular weight is 206 g/mol. The molecule has 0 unspecified atom stereocenters. The molecule has 0 spiro atoms. The Hall–Kier alpha value is -1.23. The van der Waals surface area contributed by atoms with Gasteiger partial charge < -0.3 is 9.84 Å². The van der Waals surface area contributed by atoms with Crippen LogP contribution in [-0.4, -0.2) is 11.5 Å². The summed E-state index contributed by atoms with van der Waals surface area (Å²) >= 11 is 0. The Bertz CT molecular complexity index is 320.